The molecule has 4 nitrogen and oxygen atoms in total. The minimum atomic E-state index is -0.547. The van der Waals surface area contributed by atoms with Crippen molar-refractivity contribution in [2.75, 3.05) is 0 Å². The Bertz CT molecular complexity index is 549. The molecule has 0 spiro atoms. The fourth-order valence-electron chi connectivity index (χ4n) is 2.02. The van der Waals surface area contributed by atoms with Crippen LogP contribution in [0.3, 0.4) is 0 Å². The number of alkyl carbamates (subject to hydrolysis) is 1. The second kappa shape index (κ2) is 7.63. The number of carbonyl (C=O) groups is 2. The molecular weight excluding hydrogens is 302 g/mol. The topological polar surface area (TPSA) is 55.4 Å². The Morgan fingerprint density at radius 1 is 1.32 bits per heavy atom. The Hall–Kier alpha value is -1.55. The highest BCUT2D eigenvalue weighted by Crippen LogP contribution is 2.17. The van der Waals surface area contributed by atoms with Gasteiger partial charge in [-0.05, 0) is 51.8 Å². The van der Waals surface area contributed by atoms with E-state index in [2.05, 4.69) is 5.32 Å². The Labute approximate surface area is 137 Å². The van der Waals surface area contributed by atoms with Gasteiger partial charge in [0.25, 0.3) is 0 Å². The summed E-state index contributed by atoms with van der Waals surface area (Å²) in [5.41, 5.74) is 1.33. The standard InChI is InChI=1S/C17H24ClNO3/c1-11-8-13(6-7-15(11)18)10-14(20)9-12(2)19-16(21)22-17(3,4)5/h6-8,12H,9-10H2,1-5H3,(H,19,21). The van der Waals surface area contributed by atoms with Crippen LogP contribution in [0.1, 0.15) is 45.2 Å². The van der Waals surface area contributed by atoms with Gasteiger partial charge < -0.3 is 10.1 Å². The van der Waals surface area contributed by atoms with Gasteiger partial charge in [0, 0.05) is 23.9 Å². The van der Waals surface area contributed by atoms with Crippen LogP contribution < -0.4 is 5.32 Å². The van der Waals surface area contributed by atoms with Crippen LogP contribution >= 0.6 is 11.6 Å². The van der Waals surface area contributed by atoms with Crippen molar-refractivity contribution in [3.05, 3.63) is 34.3 Å². The number of hydrogen-bond donors (Lipinski definition) is 1. The van der Waals surface area contributed by atoms with E-state index in [1.54, 1.807) is 33.8 Å². The number of halogens is 1. The fourth-order valence-corrected chi connectivity index (χ4v) is 2.14. The van der Waals surface area contributed by atoms with Gasteiger partial charge >= 0.3 is 6.09 Å². The van der Waals surface area contributed by atoms with Gasteiger partial charge in [0.2, 0.25) is 0 Å². The fraction of sp³-hybridized carbons (Fsp3) is 0.529. The molecule has 0 bridgehead atoms. The van der Waals surface area contributed by atoms with E-state index in [1.807, 2.05) is 19.1 Å². The lowest BCUT2D eigenvalue weighted by molar-refractivity contribution is -0.118. The molecule has 0 saturated heterocycles. The molecule has 0 radical (unpaired) electrons. The molecule has 0 heterocycles. The second-order valence-electron chi connectivity index (χ2n) is 6.55. The third-order valence-electron chi connectivity index (χ3n) is 2.92. The minimum absolute atomic E-state index is 0.0604. The van der Waals surface area contributed by atoms with Crippen LogP contribution in [0.25, 0.3) is 0 Å². The molecule has 1 atom stereocenters. The lowest BCUT2D eigenvalue weighted by atomic mass is 10.0. The number of ether oxygens (including phenoxy) is 1. The summed E-state index contributed by atoms with van der Waals surface area (Å²) in [5, 5.41) is 3.36. The summed E-state index contributed by atoms with van der Waals surface area (Å²) in [6, 6.07) is 5.28. The van der Waals surface area contributed by atoms with Crippen molar-refractivity contribution >= 4 is 23.5 Å². The summed E-state index contributed by atoms with van der Waals surface area (Å²) in [6.45, 7) is 9.08. The van der Waals surface area contributed by atoms with E-state index in [-0.39, 0.29) is 18.2 Å². The minimum Gasteiger partial charge on any atom is -0.444 e. The first-order chi connectivity index (χ1) is 10.1. The largest absolute Gasteiger partial charge is 0.444 e. The van der Waals surface area contributed by atoms with E-state index in [9.17, 15) is 9.59 Å². The van der Waals surface area contributed by atoms with Gasteiger partial charge in [-0.25, -0.2) is 4.79 Å². The molecule has 0 aliphatic heterocycles. The Kier molecular flexibility index (Phi) is 6.42. The molecule has 0 aromatic heterocycles. The summed E-state index contributed by atoms with van der Waals surface area (Å²) < 4.78 is 5.16. The average Bonchev–Trinajstić information content (AvgIpc) is 2.30. The van der Waals surface area contributed by atoms with Crippen molar-refractivity contribution < 1.29 is 14.3 Å². The molecule has 1 aromatic rings. The van der Waals surface area contributed by atoms with Crippen LogP contribution in [0.5, 0.6) is 0 Å². The molecule has 22 heavy (non-hydrogen) atoms. The van der Waals surface area contributed by atoms with Gasteiger partial charge in [-0.3, -0.25) is 4.79 Å². The highest BCUT2D eigenvalue weighted by atomic mass is 35.5. The van der Waals surface area contributed by atoms with Crippen LogP contribution in [0, 0.1) is 6.92 Å². The molecule has 1 unspecified atom stereocenters. The molecule has 122 valence electrons. The zero-order valence-corrected chi connectivity index (χ0v) is 14.6. The van der Waals surface area contributed by atoms with E-state index >= 15 is 0 Å². The van der Waals surface area contributed by atoms with Crippen molar-refractivity contribution in [1.29, 1.82) is 0 Å². The predicted molar refractivity (Wildman–Crippen MR) is 88.3 cm³/mol. The second-order valence-corrected chi connectivity index (χ2v) is 6.96. The van der Waals surface area contributed by atoms with Crippen molar-refractivity contribution in [1.82, 2.24) is 5.32 Å². The smallest absolute Gasteiger partial charge is 0.407 e. The number of benzene rings is 1. The molecule has 0 saturated carbocycles. The van der Waals surface area contributed by atoms with Crippen molar-refractivity contribution in [2.24, 2.45) is 0 Å². The Morgan fingerprint density at radius 2 is 1.95 bits per heavy atom. The maximum absolute atomic E-state index is 12.1. The van der Waals surface area contributed by atoms with Crippen LogP contribution in [0.15, 0.2) is 18.2 Å². The molecule has 1 N–H and O–H groups in total. The summed E-state index contributed by atoms with van der Waals surface area (Å²) in [6.07, 6.45) is 0.0920. The van der Waals surface area contributed by atoms with Crippen LogP contribution in [0.2, 0.25) is 5.02 Å². The summed E-state index contributed by atoms with van der Waals surface area (Å²) >= 11 is 5.97. The first kappa shape index (κ1) is 18.5. The summed E-state index contributed by atoms with van der Waals surface area (Å²) in [4.78, 5) is 23.7. The van der Waals surface area contributed by atoms with E-state index in [4.69, 9.17) is 16.3 Å². The van der Waals surface area contributed by atoms with Gasteiger partial charge in [-0.2, -0.15) is 0 Å². The summed E-state index contributed by atoms with van der Waals surface area (Å²) in [7, 11) is 0. The number of Topliss-reactive ketones (excluding diaryl/α,β-unsaturated/α-hetero) is 1. The average molecular weight is 326 g/mol. The molecule has 1 amide bonds. The Morgan fingerprint density at radius 3 is 2.50 bits per heavy atom. The number of rotatable bonds is 5. The number of amides is 1. The highest BCUT2D eigenvalue weighted by Gasteiger charge is 2.19. The predicted octanol–water partition coefficient (Wildman–Crippen LogP) is 4.06. The number of hydrogen-bond acceptors (Lipinski definition) is 3. The highest BCUT2D eigenvalue weighted by molar-refractivity contribution is 6.31. The lowest BCUT2D eigenvalue weighted by Crippen LogP contribution is -2.38. The number of aryl methyl sites for hydroxylation is 1. The molecule has 0 fully saturated rings. The van der Waals surface area contributed by atoms with Crippen LogP contribution in [-0.2, 0) is 16.0 Å². The molecular formula is C17H24ClNO3. The first-order valence-electron chi connectivity index (χ1n) is 7.33. The van der Waals surface area contributed by atoms with Crippen molar-refractivity contribution in [2.45, 2.75) is 59.1 Å². The van der Waals surface area contributed by atoms with Gasteiger partial charge in [-0.15, -0.1) is 0 Å². The Balaban J connectivity index is 2.47. The maximum Gasteiger partial charge on any atom is 0.407 e. The summed E-state index contributed by atoms with van der Waals surface area (Å²) in [5.74, 6) is 0.0604. The van der Waals surface area contributed by atoms with Gasteiger partial charge in [0.05, 0.1) is 0 Å². The maximum atomic E-state index is 12.1. The zero-order valence-electron chi connectivity index (χ0n) is 13.8. The van der Waals surface area contributed by atoms with E-state index in [0.717, 1.165) is 11.1 Å². The number of ketones is 1. The molecule has 1 rings (SSSR count). The third-order valence-corrected chi connectivity index (χ3v) is 3.34. The molecule has 0 aliphatic carbocycles. The number of nitrogens with one attached hydrogen (secondary N) is 1. The van der Waals surface area contributed by atoms with Gasteiger partial charge in [0.15, 0.2) is 0 Å². The van der Waals surface area contributed by atoms with Gasteiger partial charge in [-0.1, -0.05) is 23.7 Å². The zero-order chi connectivity index (χ0) is 16.9. The van der Waals surface area contributed by atoms with E-state index in [1.165, 1.54) is 0 Å². The van der Waals surface area contributed by atoms with E-state index in [0.29, 0.717) is 11.4 Å². The van der Waals surface area contributed by atoms with Crippen molar-refractivity contribution in [3.63, 3.8) is 0 Å². The SMILES string of the molecule is Cc1cc(CC(=O)CC(C)NC(=O)OC(C)(C)C)ccc1Cl. The third kappa shape index (κ3) is 6.94. The molecule has 0 aliphatic rings. The molecule has 1 aromatic carbocycles. The lowest BCUT2D eigenvalue weighted by Gasteiger charge is -2.21. The normalized spacial score (nSPS) is 12.6. The first-order valence-corrected chi connectivity index (χ1v) is 7.71. The van der Waals surface area contributed by atoms with Crippen LogP contribution in [0.4, 0.5) is 4.79 Å². The van der Waals surface area contributed by atoms with Crippen LogP contribution in [-0.4, -0.2) is 23.5 Å². The van der Waals surface area contributed by atoms with E-state index < -0.39 is 11.7 Å². The van der Waals surface area contributed by atoms with Gasteiger partial charge in [0.1, 0.15) is 11.4 Å². The molecule has 5 heteroatoms. The monoisotopic (exact) mass is 325 g/mol. The number of carbonyl (C=O) groups excluding carboxylic acids is 2. The van der Waals surface area contributed by atoms with Crippen molar-refractivity contribution in [3.8, 4) is 0 Å². The quantitative estimate of drug-likeness (QED) is 0.888.